The minimum atomic E-state index is -1.01. The highest BCUT2D eigenvalue weighted by Gasteiger charge is 2.12. The van der Waals surface area contributed by atoms with Gasteiger partial charge in [-0.1, -0.05) is 6.07 Å². The van der Waals surface area contributed by atoms with E-state index in [9.17, 15) is 14.3 Å². The lowest BCUT2D eigenvalue weighted by Crippen LogP contribution is -2.04. The SMILES string of the molecule is Cc1ccc(C(=O)O)c(Nc2cc(Br)c(F)cc2C)c1. The first kappa shape index (κ1) is 14.5. The van der Waals surface area contributed by atoms with Crippen LogP contribution < -0.4 is 5.32 Å². The van der Waals surface area contributed by atoms with Crippen molar-refractivity contribution in [2.75, 3.05) is 5.32 Å². The smallest absolute Gasteiger partial charge is 0.337 e. The summed E-state index contributed by atoms with van der Waals surface area (Å²) >= 11 is 3.12. The molecule has 0 fully saturated rings. The number of aryl methyl sites for hydroxylation is 2. The van der Waals surface area contributed by atoms with E-state index in [-0.39, 0.29) is 11.4 Å². The van der Waals surface area contributed by atoms with Crippen molar-refractivity contribution in [2.24, 2.45) is 0 Å². The van der Waals surface area contributed by atoms with Crippen molar-refractivity contribution >= 4 is 33.3 Å². The van der Waals surface area contributed by atoms with E-state index in [1.54, 1.807) is 31.2 Å². The number of carboxylic acids is 1. The van der Waals surface area contributed by atoms with Gasteiger partial charge in [0.2, 0.25) is 0 Å². The van der Waals surface area contributed by atoms with Crippen LogP contribution in [0.15, 0.2) is 34.8 Å². The predicted octanol–water partition coefficient (Wildman–Crippen LogP) is 4.65. The lowest BCUT2D eigenvalue weighted by atomic mass is 10.1. The van der Waals surface area contributed by atoms with Crippen LogP contribution in [0.25, 0.3) is 0 Å². The fourth-order valence-corrected chi connectivity index (χ4v) is 2.22. The van der Waals surface area contributed by atoms with E-state index >= 15 is 0 Å². The first-order valence-corrected chi connectivity index (χ1v) is 6.74. The van der Waals surface area contributed by atoms with E-state index in [1.165, 1.54) is 6.07 Å². The molecule has 0 radical (unpaired) electrons. The third-order valence-corrected chi connectivity index (χ3v) is 3.55. The molecule has 104 valence electrons. The number of halogens is 2. The highest BCUT2D eigenvalue weighted by molar-refractivity contribution is 9.10. The number of anilines is 2. The van der Waals surface area contributed by atoms with Crippen LogP contribution in [0.2, 0.25) is 0 Å². The number of carboxylic acid groups (broad SMARTS) is 1. The van der Waals surface area contributed by atoms with Crippen molar-refractivity contribution in [3.63, 3.8) is 0 Å². The van der Waals surface area contributed by atoms with E-state index in [1.807, 2.05) is 6.92 Å². The summed E-state index contributed by atoms with van der Waals surface area (Å²) in [7, 11) is 0. The van der Waals surface area contributed by atoms with Crippen LogP contribution in [0.3, 0.4) is 0 Å². The van der Waals surface area contributed by atoms with Gasteiger partial charge in [0, 0.05) is 5.69 Å². The molecule has 0 aliphatic heterocycles. The van der Waals surface area contributed by atoms with Crippen molar-refractivity contribution in [3.8, 4) is 0 Å². The Balaban J connectivity index is 2.47. The predicted molar refractivity (Wildman–Crippen MR) is 80.3 cm³/mol. The summed E-state index contributed by atoms with van der Waals surface area (Å²) < 4.78 is 13.7. The number of rotatable bonds is 3. The highest BCUT2D eigenvalue weighted by atomic mass is 79.9. The van der Waals surface area contributed by atoms with Gasteiger partial charge in [0.1, 0.15) is 5.82 Å². The standard InChI is InChI=1S/C15H13BrFNO2/c1-8-3-4-10(15(19)20)14(5-8)18-13-7-11(16)12(17)6-9(13)2/h3-7,18H,1-2H3,(H,19,20). The van der Waals surface area contributed by atoms with Gasteiger partial charge in [0.05, 0.1) is 15.7 Å². The molecule has 0 saturated carbocycles. The van der Waals surface area contributed by atoms with Crippen molar-refractivity contribution in [2.45, 2.75) is 13.8 Å². The molecule has 0 aromatic heterocycles. The number of nitrogens with one attached hydrogen (secondary N) is 1. The van der Waals surface area contributed by atoms with Crippen LogP contribution >= 0.6 is 15.9 Å². The first-order valence-electron chi connectivity index (χ1n) is 5.95. The van der Waals surface area contributed by atoms with E-state index in [4.69, 9.17) is 0 Å². The van der Waals surface area contributed by atoms with Gasteiger partial charge < -0.3 is 10.4 Å². The maximum Gasteiger partial charge on any atom is 0.337 e. The van der Waals surface area contributed by atoms with Gasteiger partial charge in [-0.3, -0.25) is 0 Å². The number of hydrogen-bond donors (Lipinski definition) is 2. The number of aromatic carboxylic acids is 1. The lowest BCUT2D eigenvalue weighted by molar-refractivity contribution is 0.0698. The quantitative estimate of drug-likeness (QED) is 0.857. The average Bonchev–Trinajstić information content (AvgIpc) is 2.35. The highest BCUT2D eigenvalue weighted by Crippen LogP contribution is 2.29. The Morgan fingerprint density at radius 3 is 2.55 bits per heavy atom. The Bertz CT molecular complexity index is 686. The van der Waals surface area contributed by atoms with Crippen LogP contribution in [0.5, 0.6) is 0 Å². The fourth-order valence-electron chi connectivity index (χ4n) is 1.87. The second-order valence-corrected chi connectivity index (χ2v) is 5.41. The van der Waals surface area contributed by atoms with Crippen molar-refractivity contribution in [1.82, 2.24) is 0 Å². The van der Waals surface area contributed by atoms with Gasteiger partial charge in [-0.05, 0) is 65.2 Å². The van der Waals surface area contributed by atoms with Crippen LogP contribution in [0.1, 0.15) is 21.5 Å². The Morgan fingerprint density at radius 2 is 1.90 bits per heavy atom. The maximum absolute atomic E-state index is 13.4. The van der Waals surface area contributed by atoms with Gasteiger partial charge in [-0.25, -0.2) is 9.18 Å². The fraction of sp³-hybridized carbons (Fsp3) is 0.133. The molecule has 0 amide bonds. The van der Waals surface area contributed by atoms with Gasteiger partial charge in [-0.2, -0.15) is 0 Å². The number of hydrogen-bond acceptors (Lipinski definition) is 2. The largest absolute Gasteiger partial charge is 0.478 e. The summed E-state index contributed by atoms with van der Waals surface area (Å²) in [6.07, 6.45) is 0. The van der Waals surface area contributed by atoms with Crippen LogP contribution in [0, 0.1) is 19.7 Å². The first-order chi connectivity index (χ1) is 9.38. The zero-order chi connectivity index (χ0) is 14.9. The normalized spacial score (nSPS) is 10.4. The summed E-state index contributed by atoms with van der Waals surface area (Å²) in [5.74, 6) is -1.36. The Kier molecular flexibility index (Phi) is 4.09. The molecule has 0 aliphatic carbocycles. The second-order valence-electron chi connectivity index (χ2n) is 4.56. The molecule has 0 heterocycles. The zero-order valence-electron chi connectivity index (χ0n) is 11.0. The molecule has 2 aromatic rings. The molecule has 2 rings (SSSR count). The molecule has 2 N–H and O–H groups in total. The van der Waals surface area contributed by atoms with Gasteiger partial charge in [0.25, 0.3) is 0 Å². The number of benzene rings is 2. The van der Waals surface area contributed by atoms with Gasteiger partial charge >= 0.3 is 5.97 Å². The zero-order valence-corrected chi connectivity index (χ0v) is 12.6. The lowest BCUT2D eigenvalue weighted by Gasteiger charge is -2.13. The maximum atomic E-state index is 13.4. The summed E-state index contributed by atoms with van der Waals surface area (Å²) in [5.41, 5.74) is 2.96. The summed E-state index contributed by atoms with van der Waals surface area (Å²) in [6, 6.07) is 8.03. The van der Waals surface area contributed by atoms with Crippen LogP contribution in [-0.2, 0) is 0 Å². The molecule has 0 spiro atoms. The minimum absolute atomic E-state index is 0.176. The van der Waals surface area contributed by atoms with E-state index in [2.05, 4.69) is 21.2 Å². The molecule has 0 atom stereocenters. The Labute approximate surface area is 124 Å². The molecule has 0 saturated heterocycles. The van der Waals surface area contributed by atoms with Crippen LogP contribution in [-0.4, -0.2) is 11.1 Å². The molecule has 20 heavy (non-hydrogen) atoms. The molecular formula is C15H13BrFNO2. The molecule has 0 bridgehead atoms. The summed E-state index contributed by atoms with van der Waals surface area (Å²) in [4.78, 5) is 11.2. The molecule has 0 aliphatic rings. The monoisotopic (exact) mass is 337 g/mol. The third kappa shape index (κ3) is 2.99. The molecule has 5 heteroatoms. The number of carbonyl (C=O) groups is 1. The molecule has 3 nitrogen and oxygen atoms in total. The van der Waals surface area contributed by atoms with Crippen LogP contribution in [0.4, 0.5) is 15.8 Å². The Hall–Kier alpha value is -1.88. The average molecular weight is 338 g/mol. The second kappa shape index (κ2) is 5.63. The van der Waals surface area contributed by atoms with Crippen molar-refractivity contribution < 1.29 is 14.3 Å². The molecular weight excluding hydrogens is 325 g/mol. The summed E-state index contributed by atoms with van der Waals surface area (Å²) in [5, 5.41) is 12.2. The minimum Gasteiger partial charge on any atom is -0.478 e. The van der Waals surface area contributed by atoms with Gasteiger partial charge in [0.15, 0.2) is 0 Å². The topological polar surface area (TPSA) is 49.3 Å². The van der Waals surface area contributed by atoms with Crippen molar-refractivity contribution in [3.05, 3.63) is 57.3 Å². The van der Waals surface area contributed by atoms with E-state index < -0.39 is 5.97 Å². The molecule has 0 unspecified atom stereocenters. The van der Waals surface area contributed by atoms with Crippen molar-refractivity contribution in [1.29, 1.82) is 0 Å². The Morgan fingerprint density at radius 1 is 1.20 bits per heavy atom. The third-order valence-electron chi connectivity index (χ3n) is 2.94. The molecule has 2 aromatic carbocycles. The van der Waals surface area contributed by atoms with E-state index in [0.717, 1.165) is 5.56 Å². The van der Waals surface area contributed by atoms with Gasteiger partial charge in [-0.15, -0.1) is 0 Å². The van der Waals surface area contributed by atoms with E-state index in [0.29, 0.717) is 21.4 Å². The summed E-state index contributed by atoms with van der Waals surface area (Å²) in [6.45, 7) is 3.64.